The third kappa shape index (κ3) is 5.18. The number of benzene rings is 2. The number of nitrogens with one attached hydrogen (secondary N) is 1. The Morgan fingerprint density at radius 2 is 1.46 bits per heavy atom. The van der Waals surface area contributed by atoms with Gasteiger partial charge in [0.1, 0.15) is 0 Å². The van der Waals surface area contributed by atoms with Gasteiger partial charge in [-0.05, 0) is 44.0 Å². The average molecular weight is 481 g/mol. The van der Waals surface area contributed by atoms with Crippen LogP contribution in [0.4, 0.5) is 11.4 Å². The minimum atomic E-state index is -1.06. The minimum Gasteiger partial charge on any atom is -0.463 e. The fourth-order valence-electron chi connectivity index (χ4n) is 3.86. The molecule has 2 aromatic rings. The monoisotopic (exact) mass is 481 g/mol. The van der Waals surface area contributed by atoms with E-state index in [1.165, 1.54) is 42.5 Å². The molecule has 1 heterocycles. The number of allylic oxidation sites excluding steroid dienone is 1. The summed E-state index contributed by atoms with van der Waals surface area (Å²) in [7, 11) is 0. The maximum absolute atomic E-state index is 13.3. The number of carbonyl (C=O) groups is 2. The Balaban J connectivity index is 2.32. The molecule has 1 aliphatic heterocycles. The third-order valence-corrected chi connectivity index (χ3v) is 5.34. The zero-order valence-corrected chi connectivity index (χ0v) is 19.3. The SMILES string of the molecule is CCOC(=O)C1=C(C)NC(c2ccc([N+](=O)[O-])cc2)=C(C(=O)OCC)C1c1cccc([N+](=O)[O-])c1. The lowest BCUT2D eigenvalue weighted by atomic mass is 9.79. The van der Waals surface area contributed by atoms with Gasteiger partial charge >= 0.3 is 11.9 Å². The smallest absolute Gasteiger partial charge is 0.337 e. The van der Waals surface area contributed by atoms with Crippen LogP contribution in [0.5, 0.6) is 0 Å². The van der Waals surface area contributed by atoms with E-state index in [0.717, 1.165) is 0 Å². The lowest BCUT2D eigenvalue weighted by Gasteiger charge is -2.31. The van der Waals surface area contributed by atoms with Gasteiger partial charge in [-0.15, -0.1) is 0 Å². The summed E-state index contributed by atoms with van der Waals surface area (Å²) in [5, 5.41) is 25.6. The van der Waals surface area contributed by atoms with Gasteiger partial charge in [-0.2, -0.15) is 0 Å². The van der Waals surface area contributed by atoms with E-state index in [4.69, 9.17) is 9.47 Å². The van der Waals surface area contributed by atoms with Crippen LogP contribution in [0.15, 0.2) is 65.4 Å². The molecule has 0 saturated carbocycles. The highest BCUT2D eigenvalue weighted by Gasteiger charge is 2.39. The number of carbonyl (C=O) groups excluding carboxylic acids is 2. The number of nitro benzene ring substituents is 2. The predicted octanol–water partition coefficient (Wildman–Crippen LogP) is 4.00. The van der Waals surface area contributed by atoms with Crippen LogP contribution in [0.25, 0.3) is 5.70 Å². The summed E-state index contributed by atoms with van der Waals surface area (Å²) < 4.78 is 10.5. The molecule has 0 aliphatic carbocycles. The second-order valence-corrected chi connectivity index (χ2v) is 7.48. The molecule has 0 amide bonds. The quantitative estimate of drug-likeness (QED) is 0.335. The van der Waals surface area contributed by atoms with E-state index in [2.05, 4.69) is 5.32 Å². The second kappa shape index (κ2) is 10.6. The maximum atomic E-state index is 13.3. The summed E-state index contributed by atoms with van der Waals surface area (Å²) in [6, 6.07) is 11.1. The van der Waals surface area contributed by atoms with Gasteiger partial charge in [-0.25, -0.2) is 9.59 Å². The topological polar surface area (TPSA) is 151 Å². The molecule has 0 fully saturated rings. The first-order valence-electron chi connectivity index (χ1n) is 10.7. The molecule has 182 valence electrons. The highest BCUT2D eigenvalue weighted by Crippen LogP contribution is 2.42. The summed E-state index contributed by atoms with van der Waals surface area (Å²) in [5.74, 6) is -2.50. The Hall–Kier alpha value is -4.54. The Labute approximate surface area is 200 Å². The van der Waals surface area contributed by atoms with Crippen LogP contribution in [0.1, 0.15) is 37.8 Å². The number of rotatable bonds is 8. The number of non-ortho nitro benzene ring substituents is 2. The molecule has 0 saturated heterocycles. The van der Waals surface area contributed by atoms with Crippen LogP contribution in [-0.4, -0.2) is 35.0 Å². The highest BCUT2D eigenvalue weighted by molar-refractivity contribution is 6.05. The molecule has 1 N–H and O–H groups in total. The first-order valence-corrected chi connectivity index (χ1v) is 10.7. The number of nitro groups is 2. The number of hydrogen-bond donors (Lipinski definition) is 1. The molecule has 11 heteroatoms. The Bertz CT molecular complexity index is 1250. The zero-order chi connectivity index (χ0) is 25.7. The molecule has 1 atom stereocenters. The van der Waals surface area contributed by atoms with Gasteiger partial charge in [0.25, 0.3) is 11.4 Å². The van der Waals surface area contributed by atoms with E-state index >= 15 is 0 Å². The molecule has 0 spiro atoms. The first-order chi connectivity index (χ1) is 16.7. The van der Waals surface area contributed by atoms with Crippen LogP contribution in [0, 0.1) is 20.2 Å². The summed E-state index contributed by atoms with van der Waals surface area (Å²) in [6.07, 6.45) is 0. The molecular formula is C24H23N3O8. The average Bonchev–Trinajstić information content (AvgIpc) is 2.83. The Kier molecular flexibility index (Phi) is 7.59. The molecule has 35 heavy (non-hydrogen) atoms. The zero-order valence-electron chi connectivity index (χ0n) is 19.3. The predicted molar refractivity (Wildman–Crippen MR) is 125 cm³/mol. The maximum Gasteiger partial charge on any atom is 0.337 e. The number of dihydropyridines is 1. The lowest BCUT2D eigenvalue weighted by molar-refractivity contribution is -0.385. The summed E-state index contributed by atoms with van der Waals surface area (Å²) in [4.78, 5) is 47.7. The van der Waals surface area contributed by atoms with Crippen molar-refractivity contribution in [1.29, 1.82) is 0 Å². The van der Waals surface area contributed by atoms with Crippen molar-refractivity contribution in [2.45, 2.75) is 26.7 Å². The molecule has 1 aliphatic rings. The Morgan fingerprint density at radius 3 is 2.00 bits per heavy atom. The van der Waals surface area contributed by atoms with Crippen LogP contribution in [0.2, 0.25) is 0 Å². The van der Waals surface area contributed by atoms with Gasteiger partial charge in [0.2, 0.25) is 0 Å². The van der Waals surface area contributed by atoms with Gasteiger partial charge in [0.05, 0.1) is 45.8 Å². The van der Waals surface area contributed by atoms with E-state index in [-0.39, 0.29) is 41.4 Å². The molecule has 11 nitrogen and oxygen atoms in total. The van der Waals surface area contributed by atoms with Crippen molar-refractivity contribution in [3.63, 3.8) is 0 Å². The van der Waals surface area contributed by atoms with Crippen molar-refractivity contribution >= 4 is 29.0 Å². The van der Waals surface area contributed by atoms with Gasteiger partial charge in [-0.3, -0.25) is 20.2 Å². The largest absolute Gasteiger partial charge is 0.463 e. The lowest BCUT2D eigenvalue weighted by Crippen LogP contribution is -2.32. The van der Waals surface area contributed by atoms with Crippen LogP contribution >= 0.6 is 0 Å². The summed E-state index contributed by atoms with van der Waals surface area (Å²) in [6.45, 7) is 4.98. The van der Waals surface area contributed by atoms with Crippen LogP contribution in [-0.2, 0) is 19.1 Å². The van der Waals surface area contributed by atoms with Crippen molar-refractivity contribution in [2.24, 2.45) is 0 Å². The third-order valence-electron chi connectivity index (χ3n) is 5.34. The molecule has 2 aromatic carbocycles. The number of esters is 2. The van der Waals surface area contributed by atoms with E-state index in [1.54, 1.807) is 26.8 Å². The Morgan fingerprint density at radius 1 is 0.886 bits per heavy atom. The molecular weight excluding hydrogens is 458 g/mol. The molecule has 3 rings (SSSR count). The van der Waals surface area contributed by atoms with Crippen LogP contribution < -0.4 is 5.32 Å². The first kappa shape index (κ1) is 25.1. The van der Waals surface area contributed by atoms with Crippen molar-refractivity contribution in [3.05, 3.63) is 96.7 Å². The fourth-order valence-corrected chi connectivity index (χ4v) is 3.86. The van der Waals surface area contributed by atoms with Crippen molar-refractivity contribution < 1.29 is 28.9 Å². The van der Waals surface area contributed by atoms with Gasteiger partial charge < -0.3 is 14.8 Å². The number of ether oxygens (including phenoxy) is 2. The van der Waals surface area contributed by atoms with E-state index in [0.29, 0.717) is 16.8 Å². The van der Waals surface area contributed by atoms with Gasteiger partial charge in [0.15, 0.2) is 0 Å². The highest BCUT2D eigenvalue weighted by atomic mass is 16.6. The van der Waals surface area contributed by atoms with Gasteiger partial charge in [-0.1, -0.05) is 12.1 Å². The molecule has 0 bridgehead atoms. The normalized spacial score (nSPS) is 15.3. The van der Waals surface area contributed by atoms with Crippen molar-refractivity contribution in [1.82, 2.24) is 5.32 Å². The number of hydrogen-bond acceptors (Lipinski definition) is 9. The van der Waals surface area contributed by atoms with Crippen LogP contribution in [0.3, 0.4) is 0 Å². The van der Waals surface area contributed by atoms with Crippen molar-refractivity contribution in [2.75, 3.05) is 13.2 Å². The number of nitrogens with zero attached hydrogens (tertiary/aromatic N) is 2. The summed E-state index contributed by atoms with van der Waals surface area (Å²) >= 11 is 0. The van der Waals surface area contributed by atoms with Gasteiger partial charge in [0, 0.05) is 30.0 Å². The summed E-state index contributed by atoms with van der Waals surface area (Å²) in [5.41, 5.74) is 1.12. The molecule has 1 unspecified atom stereocenters. The second-order valence-electron chi connectivity index (χ2n) is 7.48. The molecule has 0 aromatic heterocycles. The van der Waals surface area contributed by atoms with E-state index in [9.17, 15) is 29.8 Å². The van der Waals surface area contributed by atoms with Crippen molar-refractivity contribution in [3.8, 4) is 0 Å². The van der Waals surface area contributed by atoms with E-state index in [1.807, 2.05) is 0 Å². The standard InChI is InChI=1S/C24H23N3O8/c1-4-34-23(28)19-14(3)25-22(15-9-11-17(12-10-15)26(30)31)21(24(29)35-5-2)20(19)16-7-6-8-18(13-16)27(32)33/h6-13,20,25H,4-5H2,1-3H3. The molecule has 0 radical (unpaired) electrons. The minimum absolute atomic E-state index is 0.0230. The van der Waals surface area contributed by atoms with E-state index < -0.39 is 27.7 Å². The fraction of sp³-hybridized carbons (Fsp3) is 0.250.